The summed E-state index contributed by atoms with van der Waals surface area (Å²) in [6, 6.07) is 14.2. The van der Waals surface area contributed by atoms with E-state index in [-0.39, 0.29) is 17.8 Å². The maximum atomic E-state index is 12.4. The summed E-state index contributed by atoms with van der Waals surface area (Å²) in [5.74, 6) is -0.489. The quantitative estimate of drug-likeness (QED) is 0.505. The Morgan fingerprint density at radius 2 is 2.00 bits per heavy atom. The summed E-state index contributed by atoms with van der Waals surface area (Å²) >= 11 is 0. The van der Waals surface area contributed by atoms with Crippen molar-refractivity contribution in [1.29, 1.82) is 0 Å². The Kier molecular flexibility index (Phi) is 6.74. The number of hydrogen-bond donors (Lipinski definition) is 1. The van der Waals surface area contributed by atoms with E-state index >= 15 is 0 Å². The number of hydrogen-bond acceptors (Lipinski definition) is 7. The molecule has 2 atom stereocenters. The summed E-state index contributed by atoms with van der Waals surface area (Å²) in [7, 11) is 4.07. The molecule has 33 heavy (non-hydrogen) atoms. The number of ether oxygens (including phenoxy) is 1. The second-order valence-corrected chi connectivity index (χ2v) is 9.11. The minimum absolute atomic E-state index is 0.0230. The molecule has 0 saturated carbocycles. The molecule has 7 nitrogen and oxygen atoms in total. The van der Waals surface area contributed by atoms with E-state index in [1.807, 2.05) is 26.2 Å². The van der Waals surface area contributed by atoms with Gasteiger partial charge in [0.25, 0.3) is 0 Å². The highest BCUT2D eigenvalue weighted by Crippen LogP contribution is 2.47. The molecule has 7 heteroatoms. The Balaban J connectivity index is 1.67. The van der Waals surface area contributed by atoms with E-state index in [2.05, 4.69) is 65.4 Å². The number of nitrogens with one attached hydrogen (secondary N) is 1. The number of rotatable bonds is 7. The molecule has 2 heterocycles. The normalized spacial score (nSPS) is 21.4. The molecule has 0 aromatic heterocycles. The molecule has 1 N–H and O–H groups in total. The summed E-state index contributed by atoms with van der Waals surface area (Å²) in [6.07, 6.45) is 4.16. The number of carbonyl (C=O) groups is 1. The summed E-state index contributed by atoms with van der Waals surface area (Å²) in [5, 5.41) is 3.44. The minimum atomic E-state index is -0.489. The Labute approximate surface area is 195 Å². The van der Waals surface area contributed by atoms with Crippen molar-refractivity contribution in [2.75, 3.05) is 43.7 Å². The van der Waals surface area contributed by atoms with Crippen LogP contribution in [0.3, 0.4) is 0 Å². The summed E-state index contributed by atoms with van der Waals surface area (Å²) in [6.45, 7) is 7.95. The van der Waals surface area contributed by atoms with Crippen molar-refractivity contribution in [3.05, 3.63) is 65.2 Å². The van der Waals surface area contributed by atoms with Crippen LogP contribution in [0.15, 0.2) is 48.5 Å². The van der Waals surface area contributed by atoms with Crippen molar-refractivity contribution < 1.29 is 19.3 Å². The highest BCUT2D eigenvalue weighted by molar-refractivity contribution is 5.90. The Bertz CT molecular complexity index is 1010. The van der Waals surface area contributed by atoms with Crippen molar-refractivity contribution in [1.82, 2.24) is 5.32 Å². The summed E-state index contributed by atoms with van der Waals surface area (Å²) < 4.78 is 6.01. The first-order valence-corrected chi connectivity index (χ1v) is 11.4. The molecule has 4 rings (SSSR count). The minimum Gasteiger partial charge on any atom is -0.378 e. The van der Waals surface area contributed by atoms with Gasteiger partial charge in [0.2, 0.25) is 0 Å². The summed E-state index contributed by atoms with van der Waals surface area (Å²) in [5.41, 5.74) is 4.61. The van der Waals surface area contributed by atoms with Gasteiger partial charge in [-0.15, -0.1) is 0 Å². The number of nitrogens with zero attached hydrogens (tertiary/aromatic N) is 2. The standard InChI is InChI=1S/C26H33N3O4/c1-6-32-33-24(30)19-10-13-22-21(17-19)26(2,3)23(29(22)25-27-15-16-31-25)14-9-18-7-11-20(12-8-18)28(4)5/h7-14,17,23,25,27H,6,15-16H2,1-5H3/t23?,25-/m1/s1. The van der Waals surface area contributed by atoms with Gasteiger partial charge in [0.05, 0.1) is 24.8 Å². The summed E-state index contributed by atoms with van der Waals surface area (Å²) in [4.78, 5) is 26.5. The van der Waals surface area contributed by atoms with E-state index in [9.17, 15) is 4.79 Å². The lowest BCUT2D eigenvalue weighted by Crippen LogP contribution is -2.50. The first-order valence-electron chi connectivity index (χ1n) is 11.4. The molecule has 0 spiro atoms. The van der Waals surface area contributed by atoms with Gasteiger partial charge in [-0.2, -0.15) is 4.89 Å². The smallest absolute Gasteiger partial charge is 0.373 e. The van der Waals surface area contributed by atoms with E-state index in [0.717, 1.165) is 29.0 Å². The fraction of sp³-hybridized carbons (Fsp3) is 0.423. The Morgan fingerprint density at radius 3 is 2.64 bits per heavy atom. The fourth-order valence-electron chi connectivity index (χ4n) is 4.50. The van der Waals surface area contributed by atoms with Crippen LogP contribution in [-0.4, -0.2) is 52.2 Å². The molecule has 2 aromatic rings. The molecule has 2 aliphatic rings. The first-order chi connectivity index (χ1) is 15.8. The zero-order chi connectivity index (χ0) is 23.6. The second kappa shape index (κ2) is 9.55. The molecule has 0 amide bonds. The predicted octanol–water partition coefficient (Wildman–Crippen LogP) is 3.94. The molecule has 1 saturated heterocycles. The average Bonchev–Trinajstić information content (AvgIpc) is 3.41. The van der Waals surface area contributed by atoms with E-state index < -0.39 is 5.97 Å². The Morgan fingerprint density at radius 1 is 1.24 bits per heavy atom. The van der Waals surface area contributed by atoms with Gasteiger partial charge in [-0.1, -0.05) is 38.1 Å². The van der Waals surface area contributed by atoms with Gasteiger partial charge in [0.15, 0.2) is 6.35 Å². The lowest BCUT2D eigenvalue weighted by molar-refractivity contribution is -0.236. The zero-order valence-corrected chi connectivity index (χ0v) is 20.0. The maximum Gasteiger partial charge on any atom is 0.373 e. The van der Waals surface area contributed by atoms with Crippen molar-refractivity contribution in [3.8, 4) is 0 Å². The molecule has 1 unspecified atom stereocenters. The highest BCUT2D eigenvalue weighted by atomic mass is 17.2. The van der Waals surface area contributed by atoms with Crippen LogP contribution < -0.4 is 15.1 Å². The van der Waals surface area contributed by atoms with Crippen LogP contribution in [0.5, 0.6) is 0 Å². The number of anilines is 2. The first kappa shape index (κ1) is 23.3. The largest absolute Gasteiger partial charge is 0.378 e. The van der Waals surface area contributed by atoms with Gasteiger partial charge in [0, 0.05) is 37.4 Å². The fourth-order valence-corrected chi connectivity index (χ4v) is 4.50. The van der Waals surface area contributed by atoms with Gasteiger partial charge in [-0.05, 0) is 48.4 Å². The van der Waals surface area contributed by atoms with Gasteiger partial charge in [0.1, 0.15) is 0 Å². The van der Waals surface area contributed by atoms with Crippen LogP contribution in [0.1, 0.15) is 42.3 Å². The van der Waals surface area contributed by atoms with Crippen molar-refractivity contribution in [2.45, 2.75) is 38.6 Å². The zero-order valence-electron chi connectivity index (χ0n) is 20.0. The molecular formula is C26H33N3O4. The van der Waals surface area contributed by atoms with Crippen LogP contribution in [0.2, 0.25) is 0 Å². The van der Waals surface area contributed by atoms with Crippen LogP contribution in [-0.2, 0) is 19.9 Å². The monoisotopic (exact) mass is 451 g/mol. The third-order valence-electron chi connectivity index (χ3n) is 6.33. The molecular weight excluding hydrogens is 418 g/mol. The number of fused-ring (bicyclic) bond motifs is 1. The molecule has 0 aliphatic carbocycles. The third-order valence-corrected chi connectivity index (χ3v) is 6.33. The third kappa shape index (κ3) is 4.62. The lowest BCUT2D eigenvalue weighted by atomic mass is 9.79. The van der Waals surface area contributed by atoms with Crippen LogP contribution >= 0.6 is 0 Å². The molecule has 2 aromatic carbocycles. The van der Waals surface area contributed by atoms with E-state index in [1.165, 1.54) is 0 Å². The SMILES string of the molecule is CCOOC(=O)c1ccc2c(c1)C(C)(C)C(C=Cc1ccc(N(C)C)cc1)N2[C@H]1NCCO1. The number of carbonyl (C=O) groups excluding carboxylic acids is 1. The van der Waals surface area contributed by atoms with Gasteiger partial charge >= 0.3 is 5.97 Å². The molecule has 2 aliphatic heterocycles. The van der Waals surface area contributed by atoms with Gasteiger partial charge in [-0.3, -0.25) is 10.2 Å². The van der Waals surface area contributed by atoms with E-state index in [4.69, 9.17) is 14.5 Å². The molecule has 1 fully saturated rings. The van der Waals surface area contributed by atoms with Crippen LogP contribution in [0, 0.1) is 0 Å². The molecule has 0 radical (unpaired) electrons. The van der Waals surface area contributed by atoms with E-state index in [0.29, 0.717) is 18.8 Å². The maximum absolute atomic E-state index is 12.4. The molecule has 0 bridgehead atoms. The van der Waals surface area contributed by atoms with Crippen LogP contribution in [0.25, 0.3) is 6.08 Å². The predicted molar refractivity (Wildman–Crippen MR) is 130 cm³/mol. The molecule has 176 valence electrons. The van der Waals surface area contributed by atoms with Gasteiger partial charge < -0.3 is 14.5 Å². The lowest BCUT2D eigenvalue weighted by Gasteiger charge is -2.35. The topological polar surface area (TPSA) is 63.3 Å². The van der Waals surface area contributed by atoms with Crippen LogP contribution in [0.4, 0.5) is 11.4 Å². The second-order valence-electron chi connectivity index (χ2n) is 9.11. The highest BCUT2D eigenvalue weighted by Gasteiger charge is 2.47. The van der Waals surface area contributed by atoms with Crippen molar-refractivity contribution in [2.24, 2.45) is 0 Å². The number of benzene rings is 2. The van der Waals surface area contributed by atoms with Gasteiger partial charge in [-0.25, -0.2) is 4.79 Å². The average molecular weight is 452 g/mol. The Hall–Kier alpha value is -2.87. The van der Waals surface area contributed by atoms with Crippen molar-refractivity contribution in [3.63, 3.8) is 0 Å². The van der Waals surface area contributed by atoms with E-state index in [1.54, 1.807) is 13.0 Å². The van der Waals surface area contributed by atoms with Crippen molar-refractivity contribution >= 4 is 23.4 Å².